The Kier molecular flexibility index (Phi) is 6.15. The molecule has 1 N–H and O–H groups in total. The number of aromatic carboxylic acids is 1. The molecule has 0 aliphatic heterocycles. The molecule has 0 saturated carbocycles. The topological polar surface area (TPSA) is 63.6 Å². The van der Waals surface area contributed by atoms with Gasteiger partial charge in [0, 0.05) is 5.56 Å². The van der Waals surface area contributed by atoms with Crippen LogP contribution in [0.1, 0.15) is 33.3 Å². The summed E-state index contributed by atoms with van der Waals surface area (Å²) in [4.78, 5) is 23.4. The summed E-state index contributed by atoms with van der Waals surface area (Å²) in [5, 5.41) is 9.01. The molecule has 0 atom stereocenters. The van der Waals surface area contributed by atoms with Gasteiger partial charge in [0.1, 0.15) is 5.75 Å². The minimum absolute atomic E-state index is 0. The standard InChI is InChI=1S/C16H14O4.Na.H/c1-10-3-5-11(6-4-10)15(17)13-9-12(16(18)19)7-8-14(13)20-2;;/h3-9H,1-2H3,(H,18,19);;/q;+1;-1. The maximum absolute atomic E-state index is 12.4. The van der Waals surface area contributed by atoms with Crippen molar-refractivity contribution in [3.8, 4) is 5.75 Å². The molecule has 0 fully saturated rings. The Morgan fingerprint density at radius 2 is 1.62 bits per heavy atom. The second-order valence-electron chi connectivity index (χ2n) is 4.42. The zero-order valence-electron chi connectivity index (χ0n) is 13.2. The summed E-state index contributed by atoms with van der Waals surface area (Å²) < 4.78 is 5.13. The third kappa shape index (κ3) is 3.94. The summed E-state index contributed by atoms with van der Waals surface area (Å²) in [6.45, 7) is 1.93. The van der Waals surface area contributed by atoms with E-state index in [1.807, 2.05) is 19.1 Å². The second kappa shape index (κ2) is 7.41. The van der Waals surface area contributed by atoms with E-state index < -0.39 is 5.97 Å². The van der Waals surface area contributed by atoms with E-state index >= 15 is 0 Å². The van der Waals surface area contributed by atoms with E-state index in [2.05, 4.69) is 0 Å². The van der Waals surface area contributed by atoms with Gasteiger partial charge in [-0.1, -0.05) is 29.8 Å². The molecular formula is C16H15NaO4. The quantitative estimate of drug-likeness (QED) is 0.639. The van der Waals surface area contributed by atoms with Crippen molar-refractivity contribution in [1.82, 2.24) is 0 Å². The van der Waals surface area contributed by atoms with Gasteiger partial charge < -0.3 is 11.3 Å². The van der Waals surface area contributed by atoms with Gasteiger partial charge in [-0.25, -0.2) is 4.79 Å². The number of carboxylic acids is 1. The van der Waals surface area contributed by atoms with Gasteiger partial charge in [-0.3, -0.25) is 4.79 Å². The van der Waals surface area contributed by atoms with Gasteiger partial charge in [-0.05, 0) is 25.1 Å². The Labute approximate surface area is 146 Å². The molecule has 4 nitrogen and oxygen atoms in total. The summed E-state index contributed by atoms with van der Waals surface area (Å²) >= 11 is 0. The first kappa shape index (κ1) is 17.4. The molecule has 0 heterocycles. The minimum Gasteiger partial charge on any atom is -1.00 e. The minimum atomic E-state index is -1.08. The average Bonchev–Trinajstić information content (AvgIpc) is 2.46. The molecule has 0 radical (unpaired) electrons. The molecule has 0 saturated heterocycles. The monoisotopic (exact) mass is 294 g/mol. The number of aryl methyl sites for hydroxylation is 1. The Bertz CT molecular complexity index is 668. The van der Waals surface area contributed by atoms with Crippen LogP contribution in [0.15, 0.2) is 42.5 Å². The van der Waals surface area contributed by atoms with E-state index in [4.69, 9.17) is 9.84 Å². The third-order valence-corrected chi connectivity index (χ3v) is 3.00. The van der Waals surface area contributed by atoms with Crippen molar-refractivity contribution < 1.29 is 50.4 Å². The van der Waals surface area contributed by atoms with Gasteiger partial charge in [-0.2, -0.15) is 0 Å². The van der Waals surface area contributed by atoms with Crippen molar-refractivity contribution in [2.24, 2.45) is 0 Å². The first-order valence-electron chi connectivity index (χ1n) is 6.05. The molecule has 2 aromatic carbocycles. The fraction of sp³-hybridized carbons (Fsp3) is 0.125. The van der Waals surface area contributed by atoms with Crippen molar-refractivity contribution in [1.29, 1.82) is 0 Å². The Balaban J connectivity index is 0.00000220. The fourth-order valence-electron chi connectivity index (χ4n) is 1.88. The van der Waals surface area contributed by atoms with E-state index in [1.54, 1.807) is 12.1 Å². The zero-order valence-corrected chi connectivity index (χ0v) is 14.2. The normalized spacial score (nSPS) is 9.62. The molecule has 5 heteroatoms. The number of carbonyl (C=O) groups excluding carboxylic acids is 1. The molecule has 0 aromatic heterocycles. The summed E-state index contributed by atoms with van der Waals surface area (Å²) in [5.74, 6) is -0.976. The maximum Gasteiger partial charge on any atom is 1.00 e. The van der Waals surface area contributed by atoms with Crippen molar-refractivity contribution in [2.45, 2.75) is 6.92 Å². The van der Waals surface area contributed by atoms with Crippen molar-refractivity contribution in [3.63, 3.8) is 0 Å². The number of ether oxygens (including phenoxy) is 1. The smallest absolute Gasteiger partial charge is 1.00 e. The van der Waals surface area contributed by atoms with Gasteiger partial charge in [-0.15, -0.1) is 0 Å². The molecule has 0 bridgehead atoms. The van der Waals surface area contributed by atoms with Gasteiger partial charge in [0.2, 0.25) is 0 Å². The van der Waals surface area contributed by atoms with E-state index in [9.17, 15) is 9.59 Å². The van der Waals surface area contributed by atoms with Crippen LogP contribution in [-0.2, 0) is 0 Å². The van der Waals surface area contributed by atoms with Crippen LogP contribution in [0.4, 0.5) is 0 Å². The van der Waals surface area contributed by atoms with Crippen LogP contribution in [0, 0.1) is 6.92 Å². The molecule has 104 valence electrons. The summed E-state index contributed by atoms with van der Waals surface area (Å²) in [6, 6.07) is 11.3. The number of ketones is 1. The molecule has 21 heavy (non-hydrogen) atoms. The van der Waals surface area contributed by atoms with Gasteiger partial charge in [0.25, 0.3) is 0 Å². The van der Waals surface area contributed by atoms with Crippen molar-refractivity contribution in [2.75, 3.05) is 7.11 Å². The van der Waals surface area contributed by atoms with Crippen LogP contribution >= 0.6 is 0 Å². The number of carboxylic acid groups (broad SMARTS) is 1. The number of benzene rings is 2. The van der Waals surface area contributed by atoms with E-state index in [1.165, 1.54) is 25.3 Å². The first-order chi connectivity index (χ1) is 9.52. The molecular weight excluding hydrogens is 279 g/mol. The molecule has 2 rings (SSSR count). The van der Waals surface area contributed by atoms with E-state index in [0.29, 0.717) is 11.3 Å². The zero-order chi connectivity index (χ0) is 14.7. The van der Waals surface area contributed by atoms with Gasteiger partial charge in [0.05, 0.1) is 18.2 Å². The summed E-state index contributed by atoms with van der Waals surface area (Å²) in [5.41, 5.74) is 1.85. The summed E-state index contributed by atoms with van der Waals surface area (Å²) in [7, 11) is 1.45. The largest absolute Gasteiger partial charge is 1.00 e. The number of methoxy groups -OCH3 is 1. The SMILES string of the molecule is COc1ccc(C(=O)O)cc1C(=O)c1ccc(C)cc1.[H-].[Na+]. The van der Waals surface area contributed by atoms with Crippen LogP contribution in [0.5, 0.6) is 5.75 Å². The van der Waals surface area contributed by atoms with Crippen LogP contribution in [0.2, 0.25) is 0 Å². The second-order valence-corrected chi connectivity index (χ2v) is 4.42. The molecule has 0 amide bonds. The third-order valence-electron chi connectivity index (χ3n) is 3.00. The number of hydrogen-bond donors (Lipinski definition) is 1. The maximum atomic E-state index is 12.4. The predicted octanol–water partition coefficient (Wildman–Crippen LogP) is 0.0493. The molecule has 0 unspecified atom stereocenters. The van der Waals surface area contributed by atoms with Crippen LogP contribution < -0.4 is 34.3 Å². The average molecular weight is 294 g/mol. The van der Waals surface area contributed by atoms with Crippen LogP contribution in [0.3, 0.4) is 0 Å². The van der Waals surface area contributed by atoms with Crippen LogP contribution in [0.25, 0.3) is 0 Å². The summed E-state index contributed by atoms with van der Waals surface area (Å²) in [6.07, 6.45) is 0. The van der Waals surface area contributed by atoms with E-state index in [0.717, 1.165) is 5.56 Å². The Morgan fingerprint density at radius 3 is 2.14 bits per heavy atom. The predicted molar refractivity (Wildman–Crippen MR) is 75.7 cm³/mol. The van der Waals surface area contributed by atoms with Gasteiger partial charge in [0.15, 0.2) is 5.78 Å². The van der Waals surface area contributed by atoms with E-state index in [-0.39, 0.29) is 47.9 Å². The Hall–Kier alpha value is -1.62. The molecule has 0 aliphatic carbocycles. The van der Waals surface area contributed by atoms with Crippen molar-refractivity contribution >= 4 is 11.8 Å². The van der Waals surface area contributed by atoms with Crippen molar-refractivity contribution in [3.05, 3.63) is 64.7 Å². The first-order valence-corrected chi connectivity index (χ1v) is 6.05. The van der Waals surface area contributed by atoms with Gasteiger partial charge >= 0.3 is 35.5 Å². The number of rotatable bonds is 4. The molecule has 0 aliphatic rings. The number of carbonyl (C=O) groups is 2. The fourth-order valence-corrected chi connectivity index (χ4v) is 1.88. The molecule has 2 aromatic rings. The molecule has 0 spiro atoms. The Morgan fingerprint density at radius 1 is 1.05 bits per heavy atom. The van der Waals surface area contributed by atoms with Crippen LogP contribution in [-0.4, -0.2) is 24.0 Å². The number of hydrogen-bond acceptors (Lipinski definition) is 3.